The predicted octanol–water partition coefficient (Wildman–Crippen LogP) is 4.89. The van der Waals surface area contributed by atoms with Gasteiger partial charge < -0.3 is 5.32 Å². The zero-order chi connectivity index (χ0) is 19.9. The molecule has 0 aliphatic carbocycles. The number of carbonyl (C=O) groups is 1. The van der Waals surface area contributed by atoms with E-state index in [4.69, 9.17) is 5.26 Å². The Morgan fingerprint density at radius 1 is 1.14 bits per heavy atom. The molecule has 5 heteroatoms. The van der Waals surface area contributed by atoms with Crippen molar-refractivity contribution in [2.24, 2.45) is 0 Å². The van der Waals surface area contributed by atoms with Gasteiger partial charge in [-0.25, -0.2) is 0 Å². The number of anilines is 1. The van der Waals surface area contributed by atoms with E-state index in [1.165, 1.54) is 5.56 Å². The Labute approximate surface area is 169 Å². The van der Waals surface area contributed by atoms with Crippen LogP contribution in [-0.2, 0) is 11.2 Å². The van der Waals surface area contributed by atoms with Crippen molar-refractivity contribution in [2.45, 2.75) is 32.4 Å². The number of hydrogen-bond acceptors (Lipinski definition) is 4. The molecule has 0 saturated carbocycles. The molecule has 4 nitrogen and oxygen atoms in total. The highest BCUT2D eigenvalue weighted by Crippen LogP contribution is 2.27. The number of aryl methyl sites for hydroxylation is 1. The zero-order valence-corrected chi connectivity index (χ0v) is 16.8. The van der Waals surface area contributed by atoms with E-state index >= 15 is 0 Å². The predicted molar refractivity (Wildman–Crippen MR) is 114 cm³/mol. The number of nitriles is 1. The summed E-state index contributed by atoms with van der Waals surface area (Å²) in [6.45, 7) is 3.99. The van der Waals surface area contributed by atoms with Crippen molar-refractivity contribution < 1.29 is 4.79 Å². The van der Waals surface area contributed by atoms with E-state index in [-0.39, 0.29) is 11.9 Å². The number of benzene rings is 2. The average molecular weight is 390 g/mol. The average Bonchev–Trinajstić information content (AvgIpc) is 3.26. The van der Waals surface area contributed by atoms with Crippen LogP contribution in [0.1, 0.15) is 41.5 Å². The Balaban J connectivity index is 1.76. The Bertz CT molecular complexity index is 958. The molecule has 0 bridgehead atoms. The standard InChI is InChI=1S/C23H23N3OS/c1-3-17-9-11-19(12-10-17)22(21-8-5-13-28-21)25-16(2)23(27)26-20-7-4-6-18(14-20)15-24/h4-14,16,22,25H,3H2,1-2H3,(H,26,27)/t16-,22-/m0/s1. The van der Waals surface area contributed by atoms with Crippen LogP contribution in [0.4, 0.5) is 5.69 Å². The van der Waals surface area contributed by atoms with Crippen LogP contribution in [0.5, 0.6) is 0 Å². The minimum atomic E-state index is -0.413. The molecule has 2 aromatic carbocycles. The van der Waals surface area contributed by atoms with E-state index < -0.39 is 6.04 Å². The molecule has 2 N–H and O–H groups in total. The molecule has 28 heavy (non-hydrogen) atoms. The lowest BCUT2D eigenvalue weighted by molar-refractivity contribution is -0.117. The number of hydrogen-bond donors (Lipinski definition) is 2. The third-order valence-electron chi connectivity index (χ3n) is 4.62. The van der Waals surface area contributed by atoms with Gasteiger partial charge in [0, 0.05) is 10.6 Å². The molecule has 0 fully saturated rings. The fourth-order valence-corrected chi connectivity index (χ4v) is 3.80. The highest BCUT2D eigenvalue weighted by molar-refractivity contribution is 7.10. The largest absolute Gasteiger partial charge is 0.325 e. The second-order valence-corrected chi connectivity index (χ2v) is 7.59. The second kappa shape index (κ2) is 9.32. The SMILES string of the molecule is CCc1ccc([C@H](N[C@@H](C)C(=O)Nc2cccc(C#N)c2)c2cccs2)cc1. The van der Waals surface area contributed by atoms with Gasteiger partial charge in [0.1, 0.15) is 0 Å². The summed E-state index contributed by atoms with van der Waals surface area (Å²) in [4.78, 5) is 13.9. The lowest BCUT2D eigenvalue weighted by atomic mass is 10.0. The second-order valence-electron chi connectivity index (χ2n) is 6.61. The van der Waals surface area contributed by atoms with Crippen molar-refractivity contribution in [2.75, 3.05) is 5.32 Å². The molecule has 0 unspecified atom stereocenters. The highest BCUT2D eigenvalue weighted by atomic mass is 32.1. The summed E-state index contributed by atoms with van der Waals surface area (Å²) in [6.07, 6.45) is 0.998. The fraction of sp³-hybridized carbons (Fsp3) is 0.217. The van der Waals surface area contributed by atoms with Gasteiger partial charge in [0.05, 0.1) is 23.7 Å². The van der Waals surface area contributed by atoms with E-state index in [1.807, 2.05) is 18.4 Å². The molecule has 0 aliphatic heterocycles. The number of carbonyl (C=O) groups excluding carboxylic acids is 1. The molecule has 142 valence electrons. The number of amides is 1. The van der Waals surface area contributed by atoms with Crippen molar-refractivity contribution in [3.8, 4) is 6.07 Å². The Morgan fingerprint density at radius 3 is 2.57 bits per heavy atom. The first-order chi connectivity index (χ1) is 13.6. The quantitative estimate of drug-likeness (QED) is 0.605. The lowest BCUT2D eigenvalue weighted by Crippen LogP contribution is -2.40. The summed E-state index contributed by atoms with van der Waals surface area (Å²) >= 11 is 1.67. The van der Waals surface area contributed by atoms with Gasteiger partial charge in [-0.15, -0.1) is 11.3 Å². The van der Waals surface area contributed by atoms with Crippen molar-refractivity contribution in [3.63, 3.8) is 0 Å². The minimum absolute atomic E-state index is 0.0582. The molecule has 3 rings (SSSR count). The molecular formula is C23H23N3OS. The van der Waals surface area contributed by atoms with E-state index in [1.54, 1.807) is 35.6 Å². The van der Waals surface area contributed by atoms with Crippen LogP contribution in [0, 0.1) is 11.3 Å². The smallest absolute Gasteiger partial charge is 0.241 e. The van der Waals surface area contributed by atoms with Crippen LogP contribution in [0.15, 0.2) is 66.0 Å². The number of thiophene rings is 1. The van der Waals surface area contributed by atoms with E-state index in [2.05, 4.69) is 54.0 Å². The first-order valence-electron chi connectivity index (χ1n) is 9.30. The van der Waals surface area contributed by atoms with Gasteiger partial charge >= 0.3 is 0 Å². The Morgan fingerprint density at radius 2 is 1.93 bits per heavy atom. The molecule has 1 heterocycles. The topological polar surface area (TPSA) is 64.9 Å². The van der Waals surface area contributed by atoms with E-state index in [9.17, 15) is 4.79 Å². The summed E-state index contributed by atoms with van der Waals surface area (Å²) in [7, 11) is 0. The monoisotopic (exact) mass is 389 g/mol. The highest BCUT2D eigenvalue weighted by Gasteiger charge is 2.21. The molecule has 1 aromatic heterocycles. The third-order valence-corrected chi connectivity index (χ3v) is 5.56. The summed E-state index contributed by atoms with van der Waals surface area (Å²) < 4.78 is 0. The van der Waals surface area contributed by atoms with Gasteiger partial charge in [0.15, 0.2) is 0 Å². The molecule has 3 aromatic rings. The number of rotatable bonds is 7. The normalized spacial score (nSPS) is 12.8. The lowest BCUT2D eigenvalue weighted by Gasteiger charge is -2.23. The number of nitrogens with one attached hydrogen (secondary N) is 2. The molecule has 2 atom stereocenters. The van der Waals surface area contributed by atoms with Crippen LogP contribution in [0.3, 0.4) is 0 Å². The first-order valence-corrected chi connectivity index (χ1v) is 10.2. The van der Waals surface area contributed by atoms with Crippen LogP contribution in [0.2, 0.25) is 0 Å². The van der Waals surface area contributed by atoms with Crippen molar-refractivity contribution in [1.82, 2.24) is 5.32 Å². The van der Waals surface area contributed by atoms with Crippen LogP contribution >= 0.6 is 11.3 Å². The van der Waals surface area contributed by atoms with Gasteiger partial charge in [0.25, 0.3) is 0 Å². The number of nitrogens with zero attached hydrogens (tertiary/aromatic N) is 1. The van der Waals surface area contributed by atoms with E-state index in [0.29, 0.717) is 11.3 Å². The Hall–Kier alpha value is -2.94. The molecule has 0 aliphatic rings. The van der Waals surface area contributed by atoms with Crippen molar-refractivity contribution in [3.05, 3.63) is 87.6 Å². The summed E-state index contributed by atoms with van der Waals surface area (Å²) in [6, 6.07) is 21.2. The van der Waals surface area contributed by atoms with Gasteiger partial charge in [-0.05, 0) is 54.1 Å². The fourth-order valence-electron chi connectivity index (χ4n) is 2.99. The van der Waals surface area contributed by atoms with Gasteiger partial charge in [0.2, 0.25) is 5.91 Å². The Kier molecular flexibility index (Phi) is 6.59. The molecular weight excluding hydrogens is 366 g/mol. The molecule has 0 saturated heterocycles. The van der Waals surface area contributed by atoms with Crippen LogP contribution in [0.25, 0.3) is 0 Å². The maximum Gasteiger partial charge on any atom is 0.241 e. The minimum Gasteiger partial charge on any atom is -0.325 e. The van der Waals surface area contributed by atoms with Gasteiger partial charge in [-0.2, -0.15) is 5.26 Å². The summed E-state index contributed by atoms with van der Waals surface area (Å²) in [5, 5.41) is 17.4. The van der Waals surface area contributed by atoms with Crippen molar-refractivity contribution >= 4 is 22.9 Å². The van der Waals surface area contributed by atoms with Gasteiger partial charge in [-0.3, -0.25) is 10.1 Å². The zero-order valence-electron chi connectivity index (χ0n) is 16.0. The molecule has 0 spiro atoms. The molecule has 0 radical (unpaired) electrons. The van der Waals surface area contributed by atoms with Crippen LogP contribution < -0.4 is 10.6 Å². The van der Waals surface area contributed by atoms with Gasteiger partial charge in [-0.1, -0.05) is 43.3 Å². The summed E-state index contributed by atoms with van der Waals surface area (Å²) in [5.74, 6) is -0.137. The third kappa shape index (κ3) is 4.86. The first kappa shape index (κ1) is 19.8. The maximum absolute atomic E-state index is 12.7. The van der Waals surface area contributed by atoms with E-state index in [0.717, 1.165) is 16.9 Å². The molecule has 1 amide bonds. The maximum atomic E-state index is 12.7. The van der Waals surface area contributed by atoms with Crippen LogP contribution in [-0.4, -0.2) is 11.9 Å². The van der Waals surface area contributed by atoms with Crippen molar-refractivity contribution in [1.29, 1.82) is 5.26 Å². The summed E-state index contributed by atoms with van der Waals surface area (Å²) in [5.41, 5.74) is 3.56.